The first-order chi connectivity index (χ1) is 14.5. The summed E-state index contributed by atoms with van der Waals surface area (Å²) in [5.41, 5.74) is 5.60. The van der Waals surface area contributed by atoms with E-state index < -0.39 is 0 Å². The highest BCUT2D eigenvalue weighted by molar-refractivity contribution is 7.80. The normalized spacial score (nSPS) is 18.7. The second-order valence-electron chi connectivity index (χ2n) is 7.79. The number of aryl methyl sites for hydroxylation is 1. The van der Waals surface area contributed by atoms with Gasteiger partial charge >= 0.3 is 0 Å². The van der Waals surface area contributed by atoms with Crippen LogP contribution in [0.15, 0.2) is 54.7 Å². The Morgan fingerprint density at radius 2 is 1.90 bits per heavy atom. The molecule has 0 amide bonds. The third kappa shape index (κ3) is 3.72. The number of hydrogen-bond donors (Lipinski definition) is 1. The molecule has 0 spiro atoms. The van der Waals surface area contributed by atoms with Crippen molar-refractivity contribution in [1.29, 1.82) is 0 Å². The lowest BCUT2D eigenvalue weighted by atomic mass is 9.96. The number of hydrogen-bond acceptors (Lipinski definition) is 2. The first-order valence-electron chi connectivity index (χ1n) is 10.4. The Bertz CT molecular complexity index is 1050. The molecule has 2 atom stereocenters. The number of para-hydroxylation sites is 1. The van der Waals surface area contributed by atoms with Gasteiger partial charge in [-0.1, -0.05) is 43.1 Å². The average molecular weight is 439 g/mol. The molecule has 0 saturated carbocycles. The Morgan fingerprint density at radius 1 is 1.13 bits per heavy atom. The topological polar surface area (TPSA) is 33.1 Å². The van der Waals surface area contributed by atoms with E-state index in [1.165, 1.54) is 11.3 Å². The van der Waals surface area contributed by atoms with Crippen molar-refractivity contribution in [3.8, 4) is 5.69 Å². The number of halogens is 1. The largest absolute Gasteiger partial charge is 0.352 e. The lowest BCUT2D eigenvalue weighted by molar-refractivity contribution is 0.312. The number of pyridine rings is 1. The molecule has 3 aromatic rings. The maximum Gasteiger partial charge on any atom is 0.170 e. The van der Waals surface area contributed by atoms with Crippen LogP contribution in [-0.4, -0.2) is 26.1 Å². The summed E-state index contributed by atoms with van der Waals surface area (Å²) in [4.78, 5) is 6.97. The average Bonchev–Trinajstić information content (AvgIpc) is 3.23. The molecule has 0 bridgehead atoms. The van der Waals surface area contributed by atoms with Gasteiger partial charge in [0.1, 0.15) is 0 Å². The van der Waals surface area contributed by atoms with Crippen LogP contribution in [0.3, 0.4) is 0 Å². The summed E-state index contributed by atoms with van der Waals surface area (Å²) < 4.78 is 2.24. The minimum Gasteiger partial charge on any atom is -0.352 e. The zero-order valence-corrected chi connectivity index (χ0v) is 19.2. The van der Waals surface area contributed by atoms with Gasteiger partial charge in [-0.15, -0.1) is 0 Å². The Labute approximate surface area is 188 Å². The van der Waals surface area contributed by atoms with E-state index in [-0.39, 0.29) is 12.1 Å². The van der Waals surface area contributed by atoms with Crippen LogP contribution in [0.5, 0.6) is 0 Å². The van der Waals surface area contributed by atoms with Gasteiger partial charge in [0.2, 0.25) is 0 Å². The molecule has 30 heavy (non-hydrogen) atoms. The lowest BCUT2D eigenvalue weighted by Gasteiger charge is -2.28. The van der Waals surface area contributed by atoms with Crippen molar-refractivity contribution >= 4 is 28.9 Å². The summed E-state index contributed by atoms with van der Waals surface area (Å²) in [6.45, 7) is 7.43. The SMILES string of the molecule is CCCCN1C(=S)N[C@@H](c2ccccn2)[C@@H]1c1cc(C)n(-c2ccccc2Cl)c1C. The van der Waals surface area contributed by atoms with Gasteiger partial charge < -0.3 is 14.8 Å². The fourth-order valence-corrected chi connectivity index (χ4v) is 4.96. The smallest absolute Gasteiger partial charge is 0.170 e. The van der Waals surface area contributed by atoms with E-state index in [1.54, 1.807) is 0 Å². The minimum absolute atomic E-state index is 0.00996. The van der Waals surface area contributed by atoms with Crippen molar-refractivity contribution in [2.75, 3.05) is 6.54 Å². The van der Waals surface area contributed by atoms with E-state index in [9.17, 15) is 0 Å². The molecule has 1 saturated heterocycles. The standard InChI is InChI=1S/C24H27ClN4S/c1-4-5-14-28-23(22(27-24(28)30)20-11-8-9-13-26-20)18-15-16(2)29(17(18)3)21-12-7-6-10-19(21)25/h6-13,15,22-23H,4-5,14H2,1-3H3,(H,27,30)/t22-,23-/m0/s1. The molecule has 0 unspecified atom stereocenters. The first-order valence-corrected chi connectivity index (χ1v) is 11.2. The number of rotatable bonds is 6. The molecule has 1 aliphatic rings. The van der Waals surface area contributed by atoms with Gasteiger partial charge in [-0.3, -0.25) is 4.98 Å². The molecule has 0 radical (unpaired) electrons. The zero-order valence-electron chi connectivity index (χ0n) is 17.6. The molecule has 1 aliphatic heterocycles. The number of thiocarbonyl (C=S) groups is 1. The summed E-state index contributed by atoms with van der Waals surface area (Å²) in [6.07, 6.45) is 4.06. The maximum atomic E-state index is 6.54. The van der Waals surface area contributed by atoms with E-state index in [0.29, 0.717) is 0 Å². The van der Waals surface area contributed by atoms with Crippen molar-refractivity contribution in [3.05, 3.63) is 82.4 Å². The maximum absolute atomic E-state index is 6.54. The molecular formula is C24H27ClN4S. The number of unbranched alkanes of at least 4 members (excludes halogenated alkanes) is 1. The van der Waals surface area contributed by atoms with Crippen LogP contribution in [0, 0.1) is 13.8 Å². The fourth-order valence-electron chi connectivity index (χ4n) is 4.40. The summed E-state index contributed by atoms with van der Waals surface area (Å²) in [5.74, 6) is 0. The van der Waals surface area contributed by atoms with Gasteiger partial charge in [-0.2, -0.15) is 0 Å². The molecule has 0 aliphatic carbocycles. The highest BCUT2D eigenvalue weighted by atomic mass is 35.5. The third-order valence-electron chi connectivity index (χ3n) is 5.83. The molecule has 6 heteroatoms. The van der Waals surface area contributed by atoms with Crippen LogP contribution < -0.4 is 5.32 Å². The van der Waals surface area contributed by atoms with Crippen LogP contribution in [-0.2, 0) is 0 Å². The van der Waals surface area contributed by atoms with Crippen LogP contribution in [0.4, 0.5) is 0 Å². The van der Waals surface area contributed by atoms with E-state index >= 15 is 0 Å². The Morgan fingerprint density at radius 3 is 2.60 bits per heavy atom. The second kappa shape index (κ2) is 8.78. The van der Waals surface area contributed by atoms with Gasteiger partial charge in [-0.05, 0) is 68.4 Å². The summed E-state index contributed by atoms with van der Waals surface area (Å²) >= 11 is 12.3. The molecule has 4 rings (SSSR count). The fraction of sp³-hybridized carbons (Fsp3) is 0.333. The molecule has 3 heterocycles. The van der Waals surface area contributed by atoms with Gasteiger partial charge in [0.05, 0.1) is 28.5 Å². The predicted molar refractivity (Wildman–Crippen MR) is 127 cm³/mol. The van der Waals surface area contributed by atoms with Crippen LogP contribution in [0.2, 0.25) is 5.02 Å². The van der Waals surface area contributed by atoms with Gasteiger partial charge in [-0.25, -0.2) is 0 Å². The molecule has 1 fully saturated rings. The third-order valence-corrected chi connectivity index (χ3v) is 6.50. The zero-order chi connectivity index (χ0) is 21.3. The van der Waals surface area contributed by atoms with Gasteiger partial charge in [0.25, 0.3) is 0 Å². The Kier molecular flexibility index (Phi) is 6.11. The Balaban J connectivity index is 1.83. The molecule has 4 nitrogen and oxygen atoms in total. The van der Waals surface area contributed by atoms with Crippen molar-refractivity contribution in [3.63, 3.8) is 0 Å². The van der Waals surface area contributed by atoms with Crippen LogP contribution in [0.25, 0.3) is 5.69 Å². The molecule has 1 aromatic carbocycles. The van der Waals surface area contributed by atoms with E-state index in [0.717, 1.165) is 46.6 Å². The van der Waals surface area contributed by atoms with Gasteiger partial charge in [0.15, 0.2) is 5.11 Å². The van der Waals surface area contributed by atoms with Crippen molar-refractivity contribution in [2.24, 2.45) is 0 Å². The molecule has 156 valence electrons. The van der Waals surface area contributed by atoms with Crippen LogP contribution >= 0.6 is 23.8 Å². The first kappa shape index (κ1) is 20.9. The molecule has 2 aromatic heterocycles. The number of aromatic nitrogens is 2. The summed E-state index contributed by atoms with van der Waals surface area (Å²) in [6, 6.07) is 16.4. The van der Waals surface area contributed by atoms with E-state index in [4.69, 9.17) is 23.8 Å². The quantitative estimate of drug-likeness (QED) is 0.484. The van der Waals surface area contributed by atoms with Crippen molar-refractivity contribution in [2.45, 2.75) is 45.7 Å². The second-order valence-corrected chi connectivity index (χ2v) is 8.58. The summed E-state index contributed by atoms with van der Waals surface area (Å²) in [5, 5.41) is 5.09. The highest BCUT2D eigenvalue weighted by Crippen LogP contribution is 2.41. The van der Waals surface area contributed by atoms with Crippen molar-refractivity contribution in [1.82, 2.24) is 19.8 Å². The lowest BCUT2D eigenvalue weighted by Crippen LogP contribution is -2.30. The number of nitrogens with one attached hydrogen (secondary N) is 1. The predicted octanol–water partition coefficient (Wildman–Crippen LogP) is 5.92. The number of nitrogens with zero attached hydrogens (tertiary/aromatic N) is 3. The molecule has 1 N–H and O–H groups in total. The summed E-state index contributed by atoms with van der Waals surface area (Å²) in [7, 11) is 0. The highest BCUT2D eigenvalue weighted by Gasteiger charge is 2.41. The van der Waals surface area contributed by atoms with Gasteiger partial charge in [0, 0.05) is 24.1 Å². The Hall–Kier alpha value is -2.37. The molecular weight excluding hydrogens is 412 g/mol. The van der Waals surface area contributed by atoms with Crippen molar-refractivity contribution < 1.29 is 0 Å². The number of benzene rings is 1. The van der Waals surface area contributed by atoms with Crippen LogP contribution in [0.1, 0.15) is 54.5 Å². The van der Waals surface area contributed by atoms with E-state index in [1.807, 2.05) is 36.5 Å². The monoisotopic (exact) mass is 438 g/mol. The van der Waals surface area contributed by atoms with E-state index in [2.05, 4.69) is 58.7 Å². The minimum atomic E-state index is 0.00996.